The maximum absolute atomic E-state index is 6.03. The SMILES string of the molecule is CCc1c(N)noc1-c1ccc(Br)c(Cl)c1. The predicted molar refractivity (Wildman–Crippen MR) is 68.4 cm³/mol. The van der Waals surface area contributed by atoms with E-state index in [1.165, 1.54) is 0 Å². The summed E-state index contributed by atoms with van der Waals surface area (Å²) in [6, 6.07) is 5.61. The highest BCUT2D eigenvalue weighted by Gasteiger charge is 2.14. The number of halogens is 2. The molecule has 0 aliphatic heterocycles. The monoisotopic (exact) mass is 300 g/mol. The molecule has 0 bridgehead atoms. The van der Waals surface area contributed by atoms with E-state index in [4.69, 9.17) is 21.9 Å². The van der Waals surface area contributed by atoms with Crippen LogP contribution in [-0.2, 0) is 6.42 Å². The minimum absolute atomic E-state index is 0.441. The fourth-order valence-electron chi connectivity index (χ4n) is 1.53. The quantitative estimate of drug-likeness (QED) is 0.915. The number of hydrogen-bond acceptors (Lipinski definition) is 3. The molecule has 16 heavy (non-hydrogen) atoms. The Balaban J connectivity index is 2.54. The standard InChI is InChI=1S/C11H10BrClN2O/c1-2-7-10(16-15-11(7)14)6-3-4-8(12)9(13)5-6/h3-5H,2H2,1H3,(H2,14,15). The van der Waals surface area contributed by atoms with Gasteiger partial charge < -0.3 is 10.3 Å². The summed E-state index contributed by atoms with van der Waals surface area (Å²) in [5.74, 6) is 1.13. The van der Waals surface area contributed by atoms with E-state index in [0.29, 0.717) is 16.6 Å². The zero-order valence-corrected chi connectivity index (χ0v) is 11.0. The molecular weight excluding hydrogens is 291 g/mol. The van der Waals surface area contributed by atoms with Crippen molar-refractivity contribution in [1.82, 2.24) is 5.16 Å². The Morgan fingerprint density at radius 2 is 2.25 bits per heavy atom. The first-order valence-electron chi connectivity index (χ1n) is 4.83. The van der Waals surface area contributed by atoms with Crippen LogP contribution in [0.2, 0.25) is 5.02 Å². The molecule has 3 nitrogen and oxygen atoms in total. The minimum Gasteiger partial charge on any atom is -0.381 e. The molecule has 0 amide bonds. The molecule has 5 heteroatoms. The first-order chi connectivity index (χ1) is 7.63. The smallest absolute Gasteiger partial charge is 0.172 e. The van der Waals surface area contributed by atoms with E-state index in [2.05, 4.69) is 21.1 Å². The Kier molecular flexibility index (Phi) is 3.21. The molecule has 0 aliphatic rings. The molecule has 1 heterocycles. The summed E-state index contributed by atoms with van der Waals surface area (Å²) >= 11 is 9.37. The molecule has 0 atom stereocenters. The van der Waals surface area contributed by atoms with Crippen LogP contribution in [0.4, 0.5) is 5.82 Å². The fraction of sp³-hybridized carbons (Fsp3) is 0.182. The molecule has 0 saturated heterocycles. The Morgan fingerprint density at radius 3 is 2.88 bits per heavy atom. The Labute approximate surface area is 107 Å². The van der Waals surface area contributed by atoms with E-state index in [0.717, 1.165) is 22.0 Å². The third-order valence-electron chi connectivity index (χ3n) is 2.35. The van der Waals surface area contributed by atoms with Gasteiger partial charge in [0.1, 0.15) is 0 Å². The van der Waals surface area contributed by atoms with Crippen molar-refractivity contribution < 1.29 is 4.52 Å². The summed E-state index contributed by atoms with van der Waals surface area (Å²) < 4.78 is 6.07. The number of aromatic nitrogens is 1. The second-order valence-electron chi connectivity index (χ2n) is 3.36. The van der Waals surface area contributed by atoms with Crippen LogP contribution in [0.25, 0.3) is 11.3 Å². The van der Waals surface area contributed by atoms with Gasteiger partial charge in [-0.2, -0.15) is 0 Å². The first-order valence-corrected chi connectivity index (χ1v) is 6.00. The molecule has 2 rings (SSSR count). The van der Waals surface area contributed by atoms with Crippen molar-refractivity contribution in [3.05, 3.63) is 33.3 Å². The van der Waals surface area contributed by atoms with Crippen molar-refractivity contribution in [1.29, 1.82) is 0 Å². The molecule has 2 aromatic rings. The van der Waals surface area contributed by atoms with Gasteiger partial charge in [-0.1, -0.05) is 23.7 Å². The zero-order valence-electron chi connectivity index (χ0n) is 8.63. The summed E-state index contributed by atoms with van der Waals surface area (Å²) in [5.41, 5.74) is 7.51. The van der Waals surface area contributed by atoms with Crippen LogP contribution in [0.5, 0.6) is 0 Å². The maximum atomic E-state index is 6.03. The molecule has 84 valence electrons. The number of nitrogens with zero attached hydrogens (tertiary/aromatic N) is 1. The van der Waals surface area contributed by atoms with Crippen LogP contribution in [-0.4, -0.2) is 5.16 Å². The van der Waals surface area contributed by atoms with Crippen LogP contribution in [0.15, 0.2) is 27.2 Å². The van der Waals surface area contributed by atoms with Gasteiger partial charge in [0.05, 0.1) is 5.02 Å². The molecule has 0 aliphatic carbocycles. The Bertz CT molecular complexity index is 525. The van der Waals surface area contributed by atoms with E-state index in [1.807, 2.05) is 25.1 Å². The fourth-order valence-corrected chi connectivity index (χ4v) is 1.95. The lowest BCUT2D eigenvalue weighted by Gasteiger charge is -2.01. The van der Waals surface area contributed by atoms with Gasteiger partial charge in [0.15, 0.2) is 11.6 Å². The molecule has 0 fully saturated rings. The highest BCUT2D eigenvalue weighted by molar-refractivity contribution is 9.10. The normalized spacial score (nSPS) is 10.7. The van der Waals surface area contributed by atoms with Crippen molar-refractivity contribution in [2.45, 2.75) is 13.3 Å². The van der Waals surface area contributed by atoms with Gasteiger partial charge in [-0.3, -0.25) is 0 Å². The summed E-state index contributed by atoms with van der Waals surface area (Å²) in [7, 11) is 0. The summed E-state index contributed by atoms with van der Waals surface area (Å²) in [6.45, 7) is 2.01. The largest absolute Gasteiger partial charge is 0.381 e. The van der Waals surface area contributed by atoms with Crippen LogP contribution < -0.4 is 5.73 Å². The lowest BCUT2D eigenvalue weighted by Crippen LogP contribution is -1.90. The highest BCUT2D eigenvalue weighted by atomic mass is 79.9. The number of anilines is 1. The number of rotatable bonds is 2. The summed E-state index contributed by atoms with van der Waals surface area (Å²) in [4.78, 5) is 0. The maximum Gasteiger partial charge on any atom is 0.172 e. The molecule has 2 N–H and O–H groups in total. The number of nitrogens with two attached hydrogens (primary N) is 1. The summed E-state index contributed by atoms with van der Waals surface area (Å²) in [6.07, 6.45) is 0.776. The van der Waals surface area contributed by atoms with Gasteiger partial charge in [0.2, 0.25) is 0 Å². The average molecular weight is 302 g/mol. The van der Waals surface area contributed by atoms with Crippen molar-refractivity contribution in [3.63, 3.8) is 0 Å². The van der Waals surface area contributed by atoms with E-state index in [1.54, 1.807) is 0 Å². The van der Waals surface area contributed by atoms with Crippen LogP contribution in [0.1, 0.15) is 12.5 Å². The minimum atomic E-state index is 0.441. The Morgan fingerprint density at radius 1 is 1.50 bits per heavy atom. The lowest BCUT2D eigenvalue weighted by molar-refractivity contribution is 0.435. The van der Waals surface area contributed by atoms with Gasteiger partial charge in [0, 0.05) is 15.6 Å². The van der Waals surface area contributed by atoms with Crippen molar-refractivity contribution in [2.24, 2.45) is 0 Å². The van der Waals surface area contributed by atoms with Crippen molar-refractivity contribution in [3.8, 4) is 11.3 Å². The molecule has 1 aromatic carbocycles. The van der Waals surface area contributed by atoms with E-state index >= 15 is 0 Å². The van der Waals surface area contributed by atoms with Gasteiger partial charge in [-0.25, -0.2) is 0 Å². The van der Waals surface area contributed by atoms with Gasteiger partial charge in [0.25, 0.3) is 0 Å². The highest BCUT2D eigenvalue weighted by Crippen LogP contribution is 2.32. The molecule has 0 spiro atoms. The van der Waals surface area contributed by atoms with Crippen molar-refractivity contribution in [2.75, 3.05) is 5.73 Å². The first kappa shape index (κ1) is 11.5. The molecular formula is C11H10BrClN2O. The third-order valence-corrected chi connectivity index (χ3v) is 3.59. The molecule has 0 radical (unpaired) electrons. The number of benzene rings is 1. The Hall–Kier alpha value is -1.000. The average Bonchev–Trinajstić information content (AvgIpc) is 2.63. The van der Waals surface area contributed by atoms with Gasteiger partial charge in [-0.15, -0.1) is 0 Å². The van der Waals surface area contributed by atoms with Crippen LogP contribution >= 0.6 is 27.5 Å². The third kappa shape index (κ3) is 1.95. The second kappa shape index (κ2) is 4.47. The van der Waals surface area contributed by atoms with Crippen LogP contribution in [0.3, 0.4) is 0 Å². The van der Waals surface area contributed by atoms with E-state index < -0.39 is 0 Å². The lowest BCUT2D eigenvalue weighted by atomic mass is 10.1. The molecule has 0 saturated carbocycles. The van der Waals surface area contributed by atoms with Gasteiger partial charge >= 0.3 is 0 Å². The number of nitrogen functional groups attached to an aromatic ring is 1. The van der Waals surface area contributed by atoms with Crippen LogP contribution in [0, 0.1) is 0 Å². The predicted octanol–water partition coefficient (Wildman–Crippen LogP) is 3.90. The summed E-state index contributed by atoms with van der Waals surface area (Å²) in [5, 5.41) is 4.40. The molecule has 1 aromatic heterocycles. The van der Waals surface area contributed by atoms with Crippen molar-refractivity contribution >= 4 is 33.3 Å². The molecule has 0 unspecified atom stereocenters. The van der Waals surface area contributed by atoms with E-state index in [-0.39, 0.29) is 0 Å². The number of hydrogen-bond donors (Lipinski definition) is 1. The zero-order chi connectivity index (χ0) is 11.7. The van der Waals surface area contributed by atoms with E-state index in [9.17, 15) is 0 Å². The van der Waals surface area contributed by atoms with Gasteiger partial charge in [-0.05, 0) is 40.5 Å². The second-order valence-corrected chi connectivity index (χ2v) is 4.62. The topological polar surface area (TPSA) is 52.0 Å².